The van der Waals surface area contributed by atoms with Crippen molar-refractivity contribution in [2.24, 2.45) is 0 Å². The van der Waals surface area contributed by atoms with Gasteiger partial charge in [0.25, 0.3) is 0 Å². The van der Waals surface area contributed by atoms with Crippen LogP contribution in [0.25, 0.3) is 10.9 Å². The van der Waals surface area contributed by atoms with E-state index in [0.29, 0.717) is 12.5 Å². The van der Waals surface area contributed by atoms with E-state index in [0.717, 1.165) is 22.2 Å². The molecule has 0 aliphatic rings. The summed E-state index contributed by atoms with van der Waals surface area (Å²) >= 11 is 0. The first-order valence-corrected chi connectivity index (χ1v) is 5.18. The summed E-state index contributed by atoms with van der Waals surface area (Å²) in [6.07, 6.45) is 1.81. The van der Waals surface area contributed by atoms with Gasteiger partial charge in [-0.05, 0) is 19.4 Å². The molecule has 86 valence electrons. The largest absolute Gasteiger partial charge is 0.479 e. The SMILES string of the molecule is COCc1cnc(OC)c2[nH]c(C)c(C)c12. The molecule has 0 amide bonds. The van der Waals surface area contributed by atoms with Crippen molar-refractivity contribution in [2.75, 3.05) is 14.2 Å². The van der Waals surface area contributed by atoms with Crippen molar-refractivity contribution in [3.8, 4) is 5.88 Å². The zero-order valence-electron chi connectivity index (χ0n) is 10.0. The Balaban J connectivity index is 2.75. The molecular formula is C12H16N2O2. The molecule has 0 unspecified atom stereocenters. The highest BCUT2D eigenvalue weighted by atomic mass is 16.5. The van der Waals surface area contributed by atoms with E-state index in [1.807, 2.05) is 13.1 Å². The predicted molar refractivity (Wildman–Crippen MR) is 62.8 cm³/mol. The number of hydrogen-bond acceptors (Lipinski definition) is 3. The van der Waals surface area contributed by atoms with Crippen LogP contribution in [0.15, 0.2) is 6.20 Å². The number of pyridine rings is 1. The van der Waals surface area contributed by atoms with Crippen LogP contribution in [0.3, 0.4) is 0 Å². The topological polar surface area (TPSA) is 47.1 Å². The first-order valence-electron chi connectivity index (χ1n) is 5.18. The second kappa shape index (κ2) is 4.14. The molecule has 0 spiro atoms. The quantitative estimate of drug-likeness (QED) is 0.863. The zero-order chi connectivity index (χ0) is 11.7. The van der Waals surface area contributed by atoms with Gasteiger partial charge in [-0.25, -0.2) is 4.98 Å². The second-order valence-corrected chi connectivity index (χ2v) is 3.85. The third kappa shape index (κ3) is 1.55. The van der Waals surface area contributed by atoms with E-state index < -0.39 is 0 Å². The number of ether oxygens (including phenoxy) is 2. The van der Waals surface area contributed by atoms with Crippen LogP contribution in [0, 0.1) is 13.8 Å². The summed E-state index contributed by atoms with van der Waals surface area (Å²) in [6.45, 7) is 4.70. The molecular weight excluding hydrogens is 204 g/mol. The average Bonchev–Trinajstić information content (AvgIpc) is 2.57. The Bertz CT molecular complexity index is 517. The number of nitrogens with one attached hydrogen (secondary N) is 1. The molecule has 2 aromatic heterocycles. The van der Waals surface area contributed by atoms with Crippen LogP contribution in [-0.2, 0) is 11.3 Å². The minimum Gasteiger partial charge on any atom is -0.479 e. The van der Waals surface area contributed by atoms with Crippen molar-refractivity contribution < 1.29 is 9.47 Å². The number of nitrogens with zero attached hydrogens (tertiary/aromatic N) is 1. The molecule has 0 bridgehead atoms. The molecule has 0 aliphatic heterocycles. The van der Waals surface area contributed by atoms with Crippen molar-refractivity contribution in [1.29, 1.82) is 0 Å². The third-order valence-electron chi connectivity index (χ3n) is 2.87. The molecule has 1 N–H and O–H groups in total. The lowest BCUT2D eigenvalue weighted by Crippen LogP contribution is -1.94. The molecule has 4 nitrogen and oxygen atoms in total. The van der Waals surface area contributed by atoms with E-state index >= 15 is 0 Å². The van der Waals surface area contributed by atoms with Crippen LogP contribution in [0.4, 0.5) is 0 Å². The first kappa shape index (κ1) is 11.0. The summed E-state index contributed by atoms with van der Waals surface area (Å²) in [5.74, 6) is 0.631. The number of aromatic amines is 1. The van der Waals surface area contributed by atoms with Crippen LogP contribution >= 0.6 is 0 Å². The molecule has 0 radical (unpaired) electrons. The van der Waals surface area contributed by atoms with Crippen LogP contribution in [0.5, 0.6) is 5.88 Å². The van der Waals surface area contributed by atoms with E-state index in [4.69, 9.17) is 9.47 Å². The Kier molecular flexibility index (Phi) is 2.83. The van der Waals surface area contributed by atoms with Crippen molar-refractivity contribution >= 4 is 10.9 Å². The Morgan fingerprint density at radius 1 is 1.31 bits per heavy atom. The van der Waals surface area contributed by atoms with Gasteiger partial charge < -0.3 is 14.5 Å². The van der Waals surface area contributed by atoms with Gasteiger partial charge in [0.2, 0.25) is 5.88 Å². The lowest BCUT2D eigenvalue weighted by atomic mass is 10.1. The number of aromatic nitrogens is 2. The lowest BCUT2D eigenvalue weighted by molar-refractivity contribution is 0.185. The maximum Gasteiger partial charge on any atom is 0.238 e. The number of aryl methyl sites for hydroxylation is 2. The predicted octanol–water partition coefficient (Wildman–Crippen LogP) is 2.33. The minimum atomic E-state index is 0.561. The number of H-pyrrole nitrogens is 1. The maximum atomic E-state index is 5.25. The smallest absolute Gasteiger partial charge is 0.238 e. The number of rotatable bonds is 3. The van der Waals surface area contributed by atoms with Gasteiger partial charge in [0.05, 0.1) is 13.7 Å². The summed E-state index contributed by atoms with van der Waals surface area (Å²) in [5.41, 5.74) is 4.40. The summed E-state index contributed by atoms with van der Waals surface area (Å²) in [6, 6.07) is 0. The van der Waals surface area contributed by atoms with E-state index in [1.54, 1.807) is 14.2 Å². The Morgan fingerprint density at radius 3 is 2.69 bits per heavy atom. The fourth-order valence-corrected chi connectivity index (χ4v) is 1.97. The van der Waals surface area contributed by atoms with Gasteiger partial charge in [0.1, 0.15) is 5.52 Å². The van der Waals surface area contributed by atoms with E-state index in [2.05, 4.69) is 16.9 Å². The molecule has 0 aliphatic carbocycles. The van der Waals surface area contributed by atoms with Crippen molar-refractivity contribution in [1.82, 2.24) is 9.97 Å². The van der Waals surface area contributed by atoms with Gasteiger partial charge in [0.15, 0.2) is 0 Å². The number of methoxy groups -OCH3 is 2. The second-order valence-electron chi connectivity index (χ2n) is 3.85. The van der Waals surface area contributed by atoms with Crippen molar-refractivity contribution in [2.45, 2.75) is 20.5 Å². The van der Waals surface area contributed by atoms with Crippen molar-refractivity contribution in [3.63, 3.8) is 0 Å². The molecule has 0 saturated carbocycles. The summed E-state index contributed by atoms with van der Waals surface area (Å²) < 4.78 is 10.4. The van der Waals surface area contributed by atoms with Crippen LogP contribution in [0.1, 0.15) is 16.8 Å². The van der Waals surface area contributed by atoms with E-state index in [-0.39, 0.29) is 0 Å². The summed E-state index contributed by atoms with van der Waals surface area (Å²) in [5, 5.41) is 1.16. The fraction of sp³-hybridized carbons (Fsp3) is 0.417. The lowest BCUT2D eigenvalue weighted by Gasteiger charge is -2.06. The van der Waals surface area contributed by atoms with Gasteiger partial charge in [-0.15, -0.1) is 0 Å². The maximum absolute atomic E-state index is 5.25. The van der Waals surface area contributed by atoms with Gasteiger partial charge in [-0.2, -0.15) is 0 Å². The third-order valence-corrected chi connectivity index (χ3v) is 2.87. The standard InChI is InChI=1S/C12H16N2O2/c1-7-8(2)14-11-10(7)9(6-15-3)5-13-12(11)16-4/h5,14H,6H2,1-4H3. The Labute approximate surface area is 94.6 Å². The Morgan fingerprint density at radius 2 is 2.06 bits per heavy atom. The Hall–Kier alpha value is -1.55. The molecule has 2 aromatic rings. The highest BCUT2D eigenvalue weighted by Crippen LogP contribution is 2.30. The van der Waals surface area contributed by atoms with Crippen molar-refractivity contribution in [3.05, 3.63) is 23.0 Å². The number of fused-ring (bicyclic) bond motifs is 1. The summed E-state index contributed by atoms with van der Waals surface area (Å²) in [7, 11) is 3.31. The fourth-order valence-electron chi connectivity index (χ4n) is 1.97. The van der Waals surface area contributed by atoms with Gasteiger partial charge in [-0.3, -0.25) is 0 Å². The highest BCUT2D eigenvalue weighted by Gasteiger charge is 2.14. The first-order chi connectivity index (χ1) is 7.69. The minimum absolute atomic E-state index is 0.561. The van der Waals surface area contributed by atoms with E-state index in [9.17, 15) is 0 Å². The summed E-state index contributed by atoms with van der Waals surface area (Å²) in [4.78, 5) is 7.57. The molecule has 0 saturated heterocycles. The van der Waals surface area contributed by atoms with Crippen LogP contribution in [-0.4, -0.2) is 24.2 Å². The molecule has 2 heterocycles. The monoisotopic (exact) mass is 220 g/mol. The normalized spacial score (nSPS) is 11.0. The van der Waals surface area contributed by atoms with Gasteiger partial charge in [0, 0.05) is 30.0 Å². The molecule has 0 aromatic carbocycles. The highest BCUT2D eigenvalue weighted by molar-refractivity contribution is 5.90. The van der Waals surface area contributed by atoms with Crippen LogP contribution in [0.2, 0.25) is 0 Å². The molecule has 0 atom stereocenters. The van der Waals surface area contributed by atoms with E-state index in [1.165, 1.54) is 5.56 Å². The average molecular weight is 220 g/mol. The molecule has 2 rings (SSSR count). The zero-order valence-corrected chi connectivity index (χ0v) is 10.0. The van der Waals surface area contributed by atoms with Crippen LogP contribution < -0.4 is 4.74 Å². The molecule has 4 heteroatoms. The molecule has 0 fully saturated rings. The van der Waals surface area contributed by atoms with Gasteiger partial charge in [-0.1, -0.05) is 0 Å². The molecule has 16 heavy (non-hydrogen) atoms. The van der Waals surface area contributed by atoms with Gasteiger partial charge >= 0.3 is 0 Å². The number of hydrogen-bond donors (Lipinski definition) is 1.